The van der Waals surface area contributed by atoms with Crippen molar-refractivity contribution in [1.29, 1.82) is 0 Å². The van der Waals surface area contributed by atoms with E-state index in [1.54, 1.807) is 0 Å². The molecule has 2 rings (SSSR count). The average molecular weight is 225 g/mol. The zero-order valence-corrected chi connectivity index (χ0v) is 10.2. The highest BCUT2D eigenvalue weighted by molar-refractivity contribution is 5.75. The first-order chi connectivity index (χ1) is 7.77. The number of urea groups is 1. The van der Waals surface area contributed by atoms with E-state index in [4.69, 9.17) is 0 Å². The highest BCUT2D eigenvalue weighted by atomic mass is 16.2. The molecule has 92 valence electrons. The van der Waals surface area contributed by atoms with Crippen LogP contribution in [0.3, 0.4) is 0 Å². The minimum atomic E-state index is 0.121. The molecule has 0 bridgehead atoms. The largest absolute Gasteiger partial charge is 0.338 e. The number of amides is 2. The number of nitrogens with one attached hydrogen (secondary N) is 1. The molecule has 2 fully saturated rings. The Morgan fingerprint density at radius 2 is 1.94 bits per heavy atom. The summed E-state index contributed by atoms with van der Waals surface area (Å²) in [4.78, 5) is 16.2. The predicted octanol–water partition coefficient (Wildman–Crippen LogP) is 1.28. The van der Waals surface area contributed by atoms with Crippen molar-refractivity contribution in [2.45, 2.75) is 38.6 Å². The van der Waals surface area contributed by atoms with Gasteiger partial charge in [-0.05, 0) is 39.3 Å². The molecule has 0 radical (unpaired) electrons. The van der Waals surface area contributed by atoms with Crippen molar-refractivity contribution in [1.82, 2.24) is 15.1 Å². The summed E-state index contributed by atoms with van der Waals surface area (Å²) in [6.45, 7) is 7.37. The van der Waals surface area contributed by atoms with E-state index in [9.17, 15) is 4.79 Å². The fourth-order valence-electron chi connectivity index (χ4n) is 2.68. The van der Waals surface area contributed by atoms with Crippen LogP contribution in [-0.2, 0) is 0 Å². The monoisotopic (exact) mass is 225 g/mol. The maximum absolute atomic E-state index is 11.7. The third-order valence-corrected chi connectivity index (χ3v) is 3.62. The van der Waals surface area contributed by atoms with Crippen LogP contribution < -0.4 is 5.32 Å². The molecule has 1 unspecified atom stereocenters. The zero-order chi connectivity index (χ0) is 11.4. The Labute approximate surface area is 98.0 Å². The number of piperidine rings is 1. The SMILES string of the molecule is CC(CN1CCCCC1)N1CCCNC1=O. The number of hydrogen-bond acceptors (Lipinski definition) is 2. The quantitative estimate of drug-likeness (QED) is 0.785. The van der Waals surface area contributed by atoms with Crippen LogP contribution in [0.1, 0.15) is 32.6 Å². The third-order valence-electron chi connectivity index (χ3n) is 3.62. The highest BCUT2D eigenvalue weighted by Gasteiger charge is 2.24. The van der Waals surface area contributed by atoms with E-state index < -0.39 is 0 Å². The van der Waals surface area contributed by atoms with E-state index in [1.807, 2.05) is 4.90 Å². The van der Waals surface area contributed by atoms with Crippen molar-refractivity contribution in [3.63, 3.8) is 0 Å². The van der Waals surface area contributed by atoms with Gasteiger partial charge in [0, 0.05) is 25.7 Å². The lowest BCUT2D eigenvalue weighted by Gasteiger charge is -2.37. The molecule has 0 aromatic heterocycles. The Bertz CT molecular complexity index is 238. The molecule has 0 aromatic rings. The molecule has 2 amide bonds. The Morgan fingerprint density at radius 3 is 2.62 bits per heavy atom. The smallest absolute Gasteiger partial charge is 0.317 e. The summed E-state index contributed by atoms with van der Waals surface area (Å²) >= 11 is 0. The van der Waals surface area contributed by atoms with Crippen LogP contribution in [0.5, 0.6) is 0 Å². The maximum Gasteiger partial charge on any atom is 0.317 e. The van der Waals surface area contributed by atoms with E-state index in [0.717, 1.165) is 26.1 Å². The van der Waals surface area contributed by atoms with Gasteiger partial charge in [0.1, 0.15) is 0 Å². The molecule has 1 N–H and O–H groups in total. The summed E-state index contributed by atoms with van der Waals surface area (Å²) in [6, 6.07) is 0.467. The Morgan fingerprint density at radius 1 is 1.19 bits per heavy atom. The van der Waals surface area contributed by atoms with Gasteiger partial charge < -0.3 is 15.1 Å². The minimum Gasteiger partial charge on any atom is -0.338 e. The van der Waals surface area contributed by atoms with Gasteiger partial charge in [0.2, 0.25) is 0 Å². The minimum absolute atomic E-state index is 0.121. The van der Waals surface area contributed by atoms with Crippen molar-refractivity contribution in [2.75, 3.05) is 32.7 Å². The van der Waals surface area contributed by atoms with Gasteiger partial charge >= 0.3 is 6.03 Å². The number of carbonyl (C=O) groups excluding carboxylic acids is 1. The van der Waals surface area contributed by atoms with Gasteiger partial charge in [0.15, 0.2) is 0 Å². The van der Waals surface area contributed by atoms with E-state index in [0.29, 0.717) is 6.04 Å². The second kappa shape index (κ2) is 5.53. The van der Waals surface area contributed by atoms with Crippen molar-refractivity contribution in [3.05, 3.63) is 0 Å². The molecule has 0 aliphatic carbocycles. The van der Waals surface area contributed by atoms with E-state index in [2.05, 4.69) is 17.1 Å². The summed E-state index contributed by atoms with van der Waals surface area (Å²) in [5, 5.41) is 2.92. The van der Waals surface area contributed by atoms with Crippen LogP contribution in [0.2, 0.25) is 0 Å². The molecule has 0 saturated carbocycles. The van der Waals surface area contributed by atoms with Gasteiger partial charge in [0.05, 0.1) is 0 Å². The lowest BCUT2D eigenvalue weighted by atomic mass is 10.1. The number of carbonyl (C=O) groups is 1. The first kappa shape index (κ1) is 11.7. The molecule has 2 heterocycles. The van der Waals surface area contributed by atoms with Crippen LogP contribution in [0.4, 0.5) is 4.79 Å². The van der Waals surface area contributed by atoms with Crippen molar-refractivity contribution < 1.29 is 4.79 Å². The maximum atomic E-state index is 11.7. The molecule has 1 atom stereocenters. The summed E-state index contributed by atoms with van der Waals surface area (Å²) in [7, 11) is 0. The lowest BCUT2D eigenvalue weighted by Crippen LogP contribution is -2.53. The highest BCUT2D eigenvalue weighted by Crippen LogP contribution is 2.12. The van der Waals surface area contributed by atoms with E-state index in [-0.39, 0.29) is 6.03 Å². The zero-order valence-electron chi connectivity index (χ0n) is 10.2. The Kier molecular flexibility index (Phi) is 4.04. The molecule has 2 aliphatic rings. The lowest BCUT2D eigenvalue weighted by molar-refractivity contribution is 0.131. The summed E-state index contributed by atoms with van der Waals surface area (Å²) in [5.41, 5.74) is 0. The van der Waals surface area contributed by atoms with Crippen molar-refractivity contribution in [3.8, 4) is 0 Å². The average Bonchev–Trinajstić information content (AvgIpc) is 2.31. The number of likely N-dealkylation sites (tertiary alicyclic amines) is 1. The first-order valence-corrected chi connectivity index (χ1v) is 6.54. The van der Waals surface area contributed by atoms with Gasteiger partial charge in [-0.3, -0.25) is 0 Å². The van der Waals surface area contributed by atoms with Gasteiger partial charge in [-0.2, -0.15) is 0 Å². The Hall–Kier alpha value is -0.770. The van der Waals surface area contributed by atoms with Crippen LogP contribution in [0.25, 0.3) is 0 Å². The summed E-state index contributed by atoms with van der Waals surface area (Å²) in [5.74, 6) is 0. The molecule has 2 saturated heterocycles. The molecular formula is C12H23N3O. The van der Waals surface area contributed by atoms with Gasteiger partial charge in [-0.15, -0.1) is 0 Å². The molecule has 2 aliphatic heterocycles. The summed E-state index contributed by atoms with van der Waals surface area (Å²) < 4.78 is 0. The normalized spacial score (nSPS) is 25.3. The van der Waals surface area contributed by atoms with E-state index >= 15 is 0 Å². The van der Waals surface area contributed by atoms with Crippen LogP contribution in [-0.4, -0.2) is 54.6 Å². The fraction of sp³-hybridized carbons (Fsp3) is 0.917. The molecule has 0 spiro atoms. The van der Waals surface area contributed by atoms with Gasteiger partial charge in [-0.1, -0.05) is 6.42 Å². The Balaban J connectivity index is 1.81. The molecule has 16 heavy (non-hydrogen) atoms. The fourth-order valence-corrected chi connectivity index (χ4v) is 2.68. The van der Waals surface area contributed by atoms with Crippen LogP contribution in [0, 0.1) is 0 Å². The van der Waals surface area contributed by atoms with E-state index in [1.165, 1.54) is 32.4 Å². The second-order valence-electron chi connectivity index (χ2n) is 4.99. The second-order valence-corrected chi connectivity index (χ2v) is 4.99. The molecule has 4 heteroatoms. The molecular weight excluding hydrogens is 202 g/mol. The van der Waals surface area contributed by atoms with Gasteiger partial charge in [0.25, 0.3) is 0 Å². The third kappa shape index (κ3) is 2.88. The standard InChI is InChI=1S/C12H23N3O/c1-11(10-14-7-3-2-4-8-14)15-9-5-6-13-12(15)16/h11H,2-10H2,1H3,(H,13,16). The van der Waals surface area contributed by atoms with Crippen molar-refractivity contribution in [2.24, 2.45) is 0 Å². The van der Waals surface area contributed by atoms with Gasteiger partial charge in [-0.25, -0.2) is 4.79 Å². The topological polar surface area (TPSA) is 35.6 Å². The van der Waals surface area contributed by atoms with Crippen molar-refractivity contribution >= 4 is 6.03 Å². The first-order valence-electron chi connectivity index (χ1n) is 6.54. The predicted molar refractivity (Wildman–Crippen MR) is 64.5 cm³/mol. The number of hydrogen-bond donors (Lipinski definition) is 1. The summed E-state index contributed by atoms with van der Waals surface area (Å²) in [6.07, 6.45) is 5.09. The number of rotatable bonds is 3. The van der Waals surface area contributed by atoms with Crippen LogP contribution >= 0.6 is 0 Å². The molecule has 4 nitrogen and oxygen atoms in total. The number of nitrogens with zero attached hydrogens (tertiary/aromatic N) is 2. The van der Waals surface area contributed by atoms with Crippen LogP contribution in [0.15, 0.2) is 0 Å². The molecule has 0 aromatic carbocycles.